The van der Waals surface area contributed by atoms with E-state index in [2.05, 4.69) is 10.0 Å². The fourth-order valence-electron chi connectivity index (χ4n) is 2.92. The van der Waals surface area contributed by atoms with E-state index in [0.29, 0.717) is 0 Å². The Morgan fingerprint density at radius 3 is 2.48 bits per heavy atom. The minimum Gasteiger partial charge on any atom is -0.495 e. The zero-order valence-electron chi connectivity index (χ0n) is 15.8. The monoisotopic (exact) mass is 398 g/mol. The lowest BCUT2D eigenvalue weighted by atomic mass is 10.2. The lowest BCUT2D eigenvalue weighted by Gasteiger charge is -2.15. The first-order valence-corrected chi connectivity index (χ1v) is 10.4. The van der Waals surface area contributed by atoms with Gasteiger partial charge in [0.25, 0.3) is 5.91 Å². The highest BCUT2D eigenvalue weighted by Crippen LogP contribution is 2.27. The molecular weight excluding hydrogens is 372 g/mol. The third-order valence-electron chi connectivity index (χ3n) is 4.15. The van der Waals surface area contributed by atoms with E-state index in [1.54, 1.807) is 13.8 Å². The van der Waals surface area contributed by atoms with E-state index in [1.165, 1.54) is 25.3 Å². The first-order chi connectivity index (χ1) is 12.7. The Kier molecular flexibility index (Phi) is 7.20. The van der Waals surface area contributed by atoms with Gasteiger partial charge >= 0.3 is 5.97 Å². The number of carbonyl (C=O) groups is 2. The van der Waals surface area contributed by atoms with Crippen LogP contribution in [-0.2, 0) is 19.6 Å². The van der Waals surface area contributed by atoms with Crippen molar-refractivity contribution < 1.29 is 27.5 Å². The molecule has 8 nitrogen and oxygen atoms in total. The summed E-state index contributed by atoms with van der Waals surface area (Å²) in [5.41, 5.74) is 0.0277. The predicted molar refractivity (Wildman–Crippen MR) is 99.1 cm³/mol. The van der Waals surface area contributed by atoms with E-state index in [4.69, 9.17) is 9.47 Å². The Morgan fingerprint density at radius 2 is 1.89 bits per heavy atom. The summed E-state index contributed by atoms with van der Waals surface area (Å²) in [4.78, 5) is 23.7. The quantitative estimate of drug-likeness (QED) is 0.644. The van der Waals surface area contributed by atoms with Crippen molar-refractivity contribution in [2.75, 3.05) is 13.7 Å². The number of sulfonamides is 1. The second kappa shape index (κ2) is 9.18. The summed E-state index contributed by atoms with van der Waals surface area (Å²) < 4.78 is 38.2. The average Bonchev–Trinajstić information content (AvgIpc) is 3.10. The first kappa shape index (κ1) is 21.2. The Bertz CT molecular complexity index is 785. The molecule has 150 valence electrons. The molecule has 0 radical (unpaired) electrons. The van der Waals surface area contributed by atoms with Crippen LogP contribution in [0.2, 0.25) is 0 Å². The zero-order valence-corrected chi connectivity index (χ0v) is 16.6. The second-order valence-corrected chi connectivity index (χ2v) is 8.45. The molecule has 9 heteroatoms. The Balaban J connectivity index is 2.16. The Morgan fingerprint density at radius 1 is 1.22 bits per heavy atom. The smallest absolute Gasteiger partial charge is 0.338 e. The van der Waals surface area contributed by atoms with Gasteiger partial charge in [-0.2, -0.15) is 0 Å². The molecule has 1 aromatic rings. The van der Waals surface area contributed by atoms with Gasteiger partial charge in [0.2, 0.25) is 10.0 Å². The maximum Gasteiger partial charge on any atom is 0.338 e. The lowest BCUT2D eigenvalue weighted by molar-refractivity contribution is -0.124. The summed E-state index contributed by atoms with van der Waals surface area (Å²) in [6.45, 7) is 3.14. The van der Waals surface area contributed by atoms with Gasteiger partial charge in [-0.3, -0.25) is 4.79 Å². The highest BCUT2D eigenvalue weighted by atomic mass is 32.2. The van der Waals surface area contributed by atoms with Gasteiger partial charge in [0.1, 0.15) is 10.6 Å². The molecule has 1 fully saturated rings. The van der Waals surface area contributed by atoms with Gasteiger partial charge in [-0.15, -0.1) is 0 Å². The maximum absolute atomic E-state index is 12.7. The van der Waals surface area contributed by atoms with Crippen molar-refractivity contribution in [2.45, 2.75) is 56.5 Å². The predicted octanol–water partition coefficient (Wildman–Crippen LogP) is 1.60. The number of nitrogens with one attached hydrogen (secondary N) is 2. The summed E-state index contributed by atoms with van der Waals surface area (Å²) in [6.07, 6.45) is 3.53. The van der Waals surface area contributed by atoms with E-state index >= 15 is 0 Å². The highest BCUT2D eigenvalue weighted by Gasteiger charge is 2.27. The number of amides is 1. The van der Waals surface area contributed by atoms with Crippen molar-refractivity contribution in [1.82, 2.24) is 10.0 Å². The Labute approximate surface area is 159 Å². The van der Waals surface area contributed by atoms with Gasteiger partial charge in [0.05, 0.1) is 12.7 Å². The van der Waals surface area contributed by atoms with Gasteiger partial charge in [0, 0.05) is 12.1 Å². The van der Waals surface area contributed by atoms with Crippen LogP contribution in [0.15, 0.2) is 23.1 Å². The van der Waals surface area contributed by atoms with Crippen molar-refractivity contribution in [2.24, 2.45) is 0 Å². The maximum atomic E-state index is 12.7. The molecule has 1 saturated carbocycles. The molecule has 0 aliphatic heterocycles. The molecule has 1 amide bonds. The molecule has 1 aliphatic rings. The SMILES string of the molecule is COc1ccc(C(=O)OCC(=O)NC(C)C)cc1S(=O)(=O)NC1CCCC1. The first-order valence-electron chi connectivity index (χ1n) is 8.90. The number of benzene rings is 1. The molecule has 0 atom stereocenters. The van der Waals surface area contributed by atoms with E-state index in [1.807, 2.05) is 0 Å². The summed E-state index contributed by atoms with van der Waals surface area (Å²) >= 11 is 0. The third kappa shape index (κ3) is 5.93. The molecule has 1 aliphatic carbocycles. The Hall–Kier alpha value is -2.13. The molecule has 2 rings (SSSR count). The number of esters is 1. The minimum absolute atomic E-state index is 0.0277. The standard InChI is InChI=1S/C18H26N2O6S/c1-12(2)19-17(21)11-26-18(22)13-8-9-15(25-3)16(10-13)27(23,24)20-14-6-4-5-7-14/h8-10,12,14,20H,4-7,11H2,1-3H3,(H,19,21). The molecule has 27 heavy (non-hydrogen) atoms. The van der Waals surface area contributed by atoms with Crippen molar-refractivity contribution in [3.63, 3.8) is 0 Å². The summed E-state index contributed by atoms with van der Waals surface area (Å²) in [5, 5.41) is 2.60. The number of methoxy groups -OCH3 is 1. The van der Waals surface area contributed by atoms with Gasteiger partial charge in [0.15, 0.2) is 6.61 Å². The average molecular weight is 398 g/mol. The second-order valence-electron chi connectivity index (χ2n) is 6.77. The topological polar surface area (TPSA) is 111 Å². The van der Waals surface area contributed by atoms with Crippen molar-refractivity contribution in [1.29, 1.82) is 0 Å². The molecule has 0 saturated heterocycles. The number of carbonyl (C=O) groups excluding carboxylic acids is 2. The summed E-state index contributed by atoms with van der Waals surface area (Å²) in [5.74, 6) is -1.08. The molecule has 1 aromatic carbocycles. The van der Waals surface area contributed by atoms with E-state index < -0.39 is 28.5 Å². The van der Waals surface area contributed by atoms with E-state index in [9.17, 15) is 18.0 Å². The lowest BCUT2D eigenvalue weighted by Crippen LogP contribution is -2.34. The number of ether oxygens (including phenoxy) is 2. The number of hydrogen-bond acceptors (Lipinski definition) is 6. The molecule has 0 spiro atoms. The highest BCUT2D eigenvalue weighted by molar-refractivity contribution is 7.89. The summed E-state index contributed by atoms with van der Waals surface area (Å²) in [6, 6.07) is 3.81. The molecule has 0 aromatic heterocycles. The molecule has 0 unspecified atom stereocenters. The van der Waals surface area contributed by atoms with E-state index in [0.717, 1.165) is 25.7 Å². The van der Waals surface area contributed by atoms with Crippen LogP contribution in [0.4, 0.5) is 0 Å². The van der Waals surface area contributed by atoms with Crippen LogP contribution in [0.5, 0.6) is 5.75 Å². The fourth-order valence-corrected chi connectivity index (χ4v) is 4.42. The van der Waals surface area contributed by atoms with Gasteiger partial charge in [-0.25, -0.2) is 17.9 Å². The van der Waals surface area contributed by atoms with Gasteiger partial charge in [-0.05, 0) is 44.9 Å². The normalized spacial score (nSPS) is 15.0. The third-order valence-corrected chi connectivity index (χ3v) is 5.69. The largest absolute Gasteiger partial charge is 0.495 e. The van der Waals surface area contributed by atoms with E-state index in [-0.39, 0.29) is 28.3 Å². The van der Waals surface area contributed by atoms with Crippen LogP contribution in [-0.4, -0.2) is 46.1 Å². The van der Waals surface area contributed by atoms with Crippen LogP contribution < -0.4 is 14.8 Å². The van der Waals surface area contributed by atoms with Gasteiger partial charge < -0.3 is 14.8 Å². The van der Waals surface area contributed by atoms with Crippen LogP contribution in [0, 0.1) is 0 Å². The molecule has 0 bridgehead atoms. The van der Waals surface area contributed by atoms with Crippen LogP contribution in [0.1, 0.15) is 49.9 Å². The van der Waals surface area contributed by atoms with Gasteiger partial charge in [-0.1, -0.05) is 12.8 Å². The molecular formula is C18H26N2O6S. The van der Waals surface area contributed by atoms with Crippen molar-refractivity contribution >= 4 is 21.9 Å². The van der Waals surface area contributed by atoms with Crippen molar-refractivity contribution in [3.05, 3.63) is 23.8 Å². The number of hydrogen-bond donors (Lipinski definition) is 2. The van der Waals surface area contributed by atoms with Crippen LogP contribution >= 0.6 is 0 Å². The minimum atomic E-state index is -3.85. The van der Waals surface area contributed by atoms with Crippen molar-refractivity contribution in [3.8, 4) is 5.75 Å². The summed E-state index contributed by atoms with van der Waals surface area (Å²) in [7, 11) is -2.49. The van der Waals surface area contributed by atoms with Crippen LogP contribution in [0.3, 0.4) is 0 Å². The van der Waals surface area contributed by atoms with Crippen LogP contribution in [0.25, 0.3) is 0 Å². The fraction of sp³-hybridized carbons (Fsp3) is 0.556. The number of rotatable bonds is 8. The zero-order chi connectivity index (χ0) is 20.0. The molecule has 2 N–H and O–H groups in total. The molecule has 0 heterocycles.